The summed E-state index contributed by atoms with van der Waals surface area (Å²) in [5.41, 5.74) is -2.94. The van der Waals surface area contributed by atoms with Gasteiger partial charge in [-0.2, -0.15) is 13.2 Å². The highest BCUT2D eigenvalue weighted by Gasteiger charge is 2.29. The molecule has 3 rings (SSSR count). The topological polar surface area (TPSA) is 42.0 Å². The van der Waals surface area contributed by atoms with Gasteiger partial charge in [0.15, 0.2) is 0 Å². The summed E-state index contributed by atoms with van der Waals surface area (Å²) >= 11 is -0.187. The first-order valence-corrected chi connectivity index (χ1v) is 10.2. The highest BCUT2D eigenvalue weighted by Crippen LogP contribution is 2.36. The van der Waals surface area contributed by atoms with Gasteiger partial charge in [0.25, 0.3) is 5.91 Å². The number of rotatable bonds is 6. The largest absolute Gasteiger partial charge is 0.497 e. The van der Waals surface area contributed by atoms with Gasteiger partial charge in [-0.15, -0.1) is 0 Å². The summed E-state index contributed by atoms with van der Waals surface area (Å²) in [5, 5.41) is 0. The Morgan fingerprint density at radius 2 is 1.67 bits per heavy atom. The third-order valence-corrected chi connectivity index (χ3v) is 5.62. The maximum atomic E-state index is 12.7. The van der Waals surface area contributed by atoms with Crippen LogP contribution >= 0.6 is 11.8 Å². The molecular weight excluding hydrogens is 417 g/mol. The van der Waals surface area contributed by atoms with E-state index in [1.165, 1.54) is 24.3 Å². The Morgan fingerprint density at radius 3 is 2.23 bits per heavy atom. The molecule has 2 aromatic rings. The van der Waals surface area contributed by atoms with Crippen LogP contribution in [0.25, 0.3) is 0 Å². The second-order valence-electron chi connectivity index (χ2n) is 6.82. The summed E-state index contributed by atoms with van der Waals surface area (Å²) in [7, 11) is 3.24. The van der Waals surface area contributed by atoms with Crippen molar-refractivity contribution >= 4 is 17.7 Å². The zero-order chi connectivity index (χ0) is 21.7. The molecule has 1 aliphatic heterocycles. The van der Waals surface area contributed by atoms with Crippen LogP contribution in [0.2, 0.25) is 0 Å². The fourth-order valence-electron chi connectivity index (χ4n) is 3.34. The van der Waals surface area contributed by atoms with Gasteiger partial charge in [-0.25, -0.2) is 0 Å². The number of alkyl halides is 3. The van der Waals surface area contributed by atoms with Crippen molar-refractivity contribution in [2.75, 3.05) is 40.4 Å². The van der Waals surface area contributed by atoms with Crippen molar-refractivity contribution in [3.05, 3.63) is 53.6 Å². The van der Waals surface area contributed by atoms with Gasteiger partial charge in [0.2, 0.25) is 0 Å². The van der Waals surface area contributed by atoms with E-state index < -0.39 is 5.51 Å². The number of ether oxygens (including phenoxy) is 2. The molecule has 30 heavy (non-hydrogen) atoms. The predicted molar refractivity (Wildman–Crippen MR) is 109 cm³/mol. The first kappa shape index (κ1) is 22.3. The van der Waals surface area contributed by atoms with Crippen LogP contribution in [-0.2, 0) is 6.54 Å². The van der Waals surface area contributed by atoms with Gasteiger partial charge in [0.05, 0.1) is 14.2 Å². The molecular formula is C21H23F3N2O3S. The van der Waals surface area contributed by atoms with Gasteiger partial charge in [-0.3, -0.25) is 9.69 Å². The van der Waals surface area contributed by atoms with Gasteiger partial charge >= 0.3 is 5.51 Å². The van der Waals surface area contributed by atoms with Gasteiger partial charge in [-0.1, -0.05) is 0 Å². The standard InChI is InChI=1S/C21H23F3N2O3S/c1-28-17-5-8-19(29-2)16(13-17)14-25-9-11-26(12-10-25)20(27)15-3-6-18(7-4-15)30-21(22,23)24/h3-8,13H,9-12,14H2,1-2H3. The smallest absolute Gasteiger partial charge is 0.446 e. The lowest BCUT2D eigenvalue weighted by atomic mass is 10.1. The fourth-order valence-corrected chi connectivity index (χ4v) is 3.88. The average molecular weight is 440 g/mol. The van der Waals surface area contributed by atoms with Gasteiger partial charge in [-0.05, 0) is 54.2 Å². The van der Waals surface area contributed by atoms with Crippen LogP contribution < -0.4 is 9.47 Å². The molecule has 2 aromatic carbocycles. The Kier molecular flexibility index (Phi) is 7.14. The Balaban J connectivity index is 1.57. The van der Waals surface area contributed by atoms with Crippen molar-refractivity contribution in [1.82, 2.24) is 9.80 Å². The lowest BCUT2D eigenvalue weighted by Gasteiger charge is -2.35. The molecule has 0 spiro atoms. The summed E-state index contributed by atoms with van der Waals surface area (Å²) in [6, 6.07) is 11.2. The average Bonchev–Trinajstić information content (AvgIpc) is 2.73. The molecule has 1 saturated heterocycles. The van der Waals surface area contributed by atoms with E-state index in [0.717, 1.165) is 17.1 Å². The third kappa shape index (κ3) is 5.82. The monoisotopic (exact) mass is 440 g/mol. The fraction of sp³-hybridized carbons (Fsp3) is 0.381. The minimum atomic E-state index is -4.34. The van der Waals surface area contributed by atoms with E-state index in [1.54, 1.807) is 19.1 Å². The Bertz CT molecular complexity index is 867. The van der Waals surface area contributed by atoms with E-state index in [-0.39, 0.29) is 22.6 Å². The van der Waals surface area contributed by atoms with Crippen molar-refractivity contribution in [2.45, 2.75) is 16.9 Å². The lowest BCUT2D eigenvalue weighted by Crippen LogP contribution is -2.48. The number of thioether (sulfide) groups is 1. The molecule has 5 nitrogen and oxygen atoms in total. The molecule has 1 fully saturated rings. The van der Waals surface area contributed by atoms with E-state index in [0.29, 0.717) is 38.3 Å². The van der Waals surface area contributed by atoms with E-state index in [9.17, 15) is 18.0 Å². The van der Waals surface area contributed by atoms with Crippen molar-refractivity contribution in [3.8, 4) is 11.5 Å². The lowest BCUT2D eigenvalue weighted by molar-refractivity contribution is -0.0328. The first-order chi connectivity index (χ1) is 14.3. The number of piperazine rings is 1. The Labute approximate surface area is 177 Å². The molecule has 0 aromatic heterocycles. The van der Waals surface area contributed by atoms with Crippen LogP contribution in [-0.4, -0.2) is 61.6 Å². The number of amides is 1. The number of carbonyl (C=O) groups is 1. The van der Waals surface area contributed by atoms with Crippen LogP contribution in [0, 0.1) is 0 Å². The summed E-state index contributed by atoms with van der Waals surface area (Å²) in [6.07, 6.45) is 0. The Morgan fingerprint density at radius 1 is 1.00 bits per heavy atom. The number of benzene rings is 2. The van der Waals surface area contributed by atoms with Crippen LogP contribution in [0.1, 0.15) is 15.9 Å². The predicted octanol–water partition coefficient (Wildman–Crippen LogP) is 4.27. The first-order valence-electron chi connectivity index (χ1n) is 9.37. The van der Waals surface area contributed by atoms with E-state index in [1.807, 2.05) is 18.2 Å². The molecule has 0 unspecified atom stereocenters. The highest BCUT2D eigenvalue weighted by atomic mass is 32.2. The number of carbonyl (C=O) groups excluding carboxylic acids is 1. The molecule has 0 N–H and O–H groups in total. The number of hydrogen-bond acceptors (Lipinski definition) is 5. The van der Waals surface area contributed by atoms with Crippen molar-refractivity contribution in [3.63, 3.8) is 0 Å². The number of hydrogen-bond donors (Lipinski definition) is 0. The molecule has 9 heteroatoms. The van der Waals surface area contributed by atoms with Crippen molar-refractivity contribution < 1.29 is 27.4 Å². The van der Waals surface area contributed by atoms with Crippen molar-refractivity contribution in [1.29, 1.82) is 0 Å². The molecule has 0 aliphatic carbocycles. The SMILES string of the molecule is COc1ccc(OC)c(CN2CCN(C(=O)c3ccc(SC(F)(F)F)cc3)CC2)c1. The summed E-state index contributed by atoms with van der Waals surface area (Å²) < 4.78 is 48.0. The maximum Gasteiger partial charge on any atom is 0.446 e. The van der Waals surface area contributed by atoms with Crippen molar-refractivity contribution in [2.24, 2.45) is 0 Å². The normalized spacial score (nSPS) is 15.2. The van der Waals surface area contributed by atoms with Crippen LogP contribution in [0.4, 0.5) is 13.2 Å². The Hall–Kier alpha value is -2.39. The number of methoxy groups -OCH3 is 2. The summed E-state index contributed by atoms with van der Waals surface area (Å²) in [5.74, 6) is 1.37. The summed E-state index contributed by atoms with van der Waals surface area (Å²) in [6.45, 7) is 3.14. The van der Waals surface area contributed by atoms with E-state index >= 15 is 0 Å². The molecule has 1 aliphatic rings. The zero-order valence-corrected chi connectivity index (χ0v) is 17.6. The minimum absolute atomic E-state index is 0.0658. The number of halogens is 3. The minimum Gasteiger partial charge on any atom is -0.497 e. The van der Waals surface area contributed by atoms with Crippen LogP contribution in [0.3, 0.4) is 0 Å². The van der Waals surface area contributed by atoms with Crippen LogP contribution in [0.5, 0.6) is 11.5 Å². The molecule has 1 heterocycles. The van der Waals surface area contributed by atoms with Crippen LogP contribution in [0.15, 0.2) is 47.4 Å². The van der Waals surface area contributed by atoms with Gasteiger partial charge < -0.3 is 14.4 Å². The summed E-state index contributed by atoms with van der Waals surface area (Å²) in [4.78, 5) is 16.7. The molecule has 0 saturated carbocycles. The quantitative estimate of drug-likeness (QED) is 0.628. The zero-order valence-electron chi connectivity index (χ0n) is 16.7. The molecule has 0 bridgehead atoms. The third-order valence-electron chi connectivity index (χ3n) is 4.88. The molecule has 162 valence electrons. The molecule has 1 amide bonds. The maximum absolute atomic E-state index is 12.7. The molecule has 0 atom stereocenters. The molecule has 0 radical (unpaired) electrons. The highest BCUT2D eigenvalue weighted by molar-refractivity contribution is 8.00. The van der Waals surface area contributed by atoms with Gasteiger partial charge in [0, 0.05) is 48.7 Å². The van der Waals surface area contributed by atoms with E-state index in [4.69, 9.17) is 9.47 Å². The second-order valence-corrected chi connectivity index (χ2v) is 7.96. The van der Waals surface area contributed by atoms with E-state index in [2.05, 4.69) is 4.90 Å². The number of nitrogens with zero attached hydrogens (tertiary/aromatic N) is 2. The van der Waals surface area contributed by atoms with Gasteiger partial charge in [0.1, 0.15) is 11.5 Å². The second kappa shape index (κ2) is 9.61.